The number of rotatable bonds is 9. The van der Waals surface area contributed by atoms with Gasteiger partial charge in [0.2, 0.25) is 5.75 Å². The van der Waals surface area contributed by atoms with E-state index in [0.717, 1.165) is 11.1 Å². The van der Waals surface area contributed by atoms with E-state index >= 15 is 0 Å². The lowest BCUT2D eigenvalue weighted by Crippen LogP contribution is -2.18. The smallest absolute Gasteiger partial charge is 0.271 e. The number of carbonyl (C=O) groups excluding carboxylic acids is 1. The zero-order chi connectivity index (χ0) is 20.5. The van der Waals surface area contributed by atoms with Crippen molar-refractivity contribution in [3.05, 3.63) is 52.6 Å². The lowest BCUT2D eigenvalue weighted by molar-refractivity contribution is 0.0954. The predicted octanol–water partition coefficient (Wildman–Crippen LogP) is 4.26. The van der Waals surface area contributed by atoms with Gasteiger partial charge < -0.3 is 14.2 Å². The standard InChI is InChI=1S/C22H28N2O4/c1-6-26-19-12-18(13-20(27-7-2)21(19)28-8-3)22(25)24-23-14-17-10-9-15(4)11-16(17)5/h9-14H,6-8H2,1-5H3,(H,24,25)/b23-14+. The first-order valence-electron chi connectivity index (χ1n) is 9.47. The van der Waals surface area contributed by atoms with Crippen molar-refractivity contribution in [2.75, 3.05) is 19.8 Å². The summed E-state index contributed by atoms with van der Waals surface area (Å²) in [6, 6.07) is 9.32. The van der Waals surface area contributed by atoms with Gasteiger partial charge in [-0.1, -0.05) is 23.8 Å². The second kappa shape index (κ2) is 10.3. The summed E-state index contributed by atoms with van der Waals surface area (Å²) in [5.74, 6) is 1.09. The highest BCUT2D eigenvalue weighted by molar-refractivity contribution is 5.96. The number of benzene rings is 2. The maximum Gasteiger partial charge on any atom is 0.271 e. The molecule has 0 saturated carbocycles. The molecule has 0 fully saturated rings. The molecule has 2 aromatic rings. The number of carbonyl (C=O) groups is 1. The van der Waals surface area contributed by atoms with Crippen LogP contribution >= 0.6 is 0 Å². The summed E-state index contributed by atoms with van der Waals surface area (Å²) in [4.78, 5) is 12.6. The van der Waals surface area contributed by atoms with Gasteiger partial charge in [-0.25, -0.2) is 5.43 Å². The Labute approximate surface area is 166 Å². The Balaban J connectivity index is 2.24. The van der Waals surface area contributed by atoms with Gasteiger partial charge in [0.25, 0.3) is 5.91 Å². The van der Waals surface area contributed by atoms with Gasteiger partial charge in [-0.3, -0.25) is 4.79 Å². The number of hydrogen-bond donors (Lipinski definition) is 1. The first-order valence-corrected chi connectivity index (χ1v) is 9.47. The van der Waals surface area contributed by atoms with Crippen molar-refractivity contribution in [2.24, 2.45) is 5.10 Å². The van der Waals surface area contributed by atoms with Crippen LogP contribution in [0, 0.1) is 13.8 Å². The van der Waals surface area contributed by atoms with Crippen LogP contribution in [-0.2, 0) is 0 Å². The maximum atomic E-state index is 12.6. The van der Waals surface area contributed by atoms with Crippen LogP contribution in [0.4, 0.5) is 0 Å². The molecule has 0 heterocycles. The third kappa shape index (κ3) is 5.49. The quantitative estimate of drug-likeness (QED) is 0.518. The second-order valence-corrected chi connectivity index (χ2v) is 6.16. The van der Waals surface area contributed by atoms with E-state index in [1.165, 1.54) is 5.56 Å². The number of hydrogen-bond acceptors (Lipinski definition) is 5. The Morgan fingerprint density at radius 2 is 1.57 bits per heavy atom. The molecule has 6 heteroatoms. The lowest BCUT2D eigenvalue weighted by atomic mass is 10.1. The van der Waals surface area contributed by atoms with E-state index in [9.17, 15) is 4.79 Å². The minimum Gasteiger partial charge on any atom is -0.490 e. The van der Waals surface area contributed by atoms with E-state index in [4.69, 9.17) is 14.2 Å². The van der Waals surface area contributed by atoms with Crippen LogP contribution in [0.2, 0.25) is 0 Å². The number of ether oxygens (including phenoxy) is 3. The molecular weight excluding hydrogens is 356 g/mol. The lowest BCUT2D eigenvalue weighted by Gasteiger charge is -2.16. The molecule has 0 saturated heterocycles. The fourth-order valence-corrected chi connectivity index (χ4v) is 2.72. The highest BCUT2D eigenvalue weighted by Crippen LogP contribution is 2.39. The van der Waals surface area contributed by atoms with E-state index < -0.39 is 0 Å². The normalized spacial score (nSPS) is 10.8. The van der Waals surface area contributed by atoms with E-state index in [2.05, 4.69) is 16.6 Å². The number of nitrogens with one attached hydrogen (secondary N) is 1. The van der Waals surface area contributed by atoms with Gasteiger partial charge in [0.15, 0.2) is 11.5 Å². The van der Waals surface area contributed by atoms with Crippen molar-refractivity contribution >= 4 is 12.1 Å². The summed E-state index contributed by atoms with van der Waals surface area (Å²) in [5, 5.41) is 4.08. The number of nitrogens with zero attached hydrogens (tertiary/aromatic N) is 1. The van der Waals surface area contributed by atoms with E-state index in [-0.39, 0.29) is 5.91 Å². The fourth-order valence-electron chi connectivity index (χ4n) is 2.72. The molecule has 0 aromatic heterocycles. The summed E-state index contributed by atoms with van der Waals surface area (Å²) < 4.78 is 16.9. The number of amides is 1. The third-order valence-corrected chi connectivity index (χ3v) is 3.97. The number of hydrazone groups is 1. The van der Waals surface area contributed by atoms with Gasteiger partial charge in [-0.05, 0) is 57.9 Å². The van der Waals surface area contributed by atoms with Crippen LogP contribution in [0.5, 0.6) is 17.2 Å². The van der Waals surface area contributed by atoms with Gasteiger partial charge in [-0.2, -0.15) is 5.10 Å². The van der Waals surface area contributed by atoms with E-state index in [1.54, 1.807) is 18.3 Å². The zero-order valence-corrected chi connectivity index (χ0v) is 17.2. The molecule has 2 aromatic carbocycles. The van der Waals surface area contributed by atoms with E-state index in [1.807, 2.05) is 46.8 Å². The van der Waals surface area contributed by atoms with Crippen LogP contribution < -0.4 is 19.6 Å². The van der Waals surface area contributed by atoms with E-state index in [0.29, 0.717) is 42.6 Å². The van der Waals surface area contributed by atoms with Crippen molar-refractivity contribution in [1.29, 1.82) is 0 Å². The van der Waals surface area contributed by atoms with Gasteiger partial charge in [-0.15, -0.1) is 0 Å². The minimum atomic E-state index is -0.356. The Morgan fingerprint density at radius 1 is 0.964 bits per heavy atom. The molecule has 1 N–H and O–H groups in total. The first-order chi connectivity index (χ1) is 13.5. The molecule has 0 radical (unpaired) electrons. The summed E-state index contributed by atoms with van der Waals surface area (Å²) in [6.45, 7) is 11.0. The highest BCUT2D eigenvalue weighted by atomic mass is 16.5. The molecule has 0 aliphatic carbocycles. The monoisotopic (exact) mass is 384 g/mol. The van der Waals surface area contributed by atoms with Crippen molar-refractivity contribution in [3.8, 4) is 17.2 Å². The molecule has 0 aliphatic heterocycles. The summed E-state index contributed by atoms with van der Waals surface area (Å²) >= 11 is 0. The van der Waals surface area contributed by atoms with Crippen molar-refractivity contribution in [2.45, 2.75) is 34.6 Å². The third-order valence-electron chi connectivity index (χ3n) is 3.97. The molecule has 150 valence electrons. The van der Waals surface area contributed by atoms with Crippen molar-refractivity contribution in [1.82, 2.24) is 5.43 Å². The summed E-state index contributed by atoms with van der Waals surface area (Å²) in [7, 11) is 0. The van der Waals surface area contributed by atoms with Crippen LogP contribution in [0.3, 0.4) is 0 Å². The molecule has 28 heavy (non-hydrogen) atoms. The summed E-state index contributed by atoms with van der Waals surface area (Å²) in [5.41, 5.74) is 6.16. The highest BCUT2D eigenvalue weighted by Gasteiger charge is 2.18. The molecule has 0 spiro atoms. The molecule has 0 unspecified atom stereocenters. The minimum absolute atomic E-state index is 0.356. The SMILES string of the molecule is CCOc1cc(C(=O)N/N=C/c2ccc(C)cc2C)cc(OCC)c1OCC. The Bertz CT molecular complexity index is 819. The molecule has 0 atom stereocenters. The average Bonchev–Trinajstić information content (AvgIpc) is 2.66. The van der Waals surface area contributed by atoms with Crippen molar-refractivity contribution in [3.63, 3.8) is 0 Å². The van der Waals surface area contributed by atoms with Crippen molar-refractivity contribution < 1.29 is 19.0 Å². The molecule has 0 aliphatic rings. The Hall–Kier alpha value is -3.02. The van der Waals surface area contributed by atoms with Crippen LogP contribution in [0.1, 0.15) is 47.8 Å². The molecule has 6 nitrogen and oxygen atoms in total. The zero-order valence-electron chi connectivity index (χ0n) is 17.2. The molecule has 0 bridgehead atoms. The number of aryl methyl sites for hydroxylation is 2. The van der Waals surface area contributed by atoms with Gasteiger partial charge in [0, 0.05) is 5.56 Å². The Morgan fingerprint density at radius 3 is 2.11 bits per heavy atom. The average molecular weight is 384 g/mol. The maximum absolute atomic E-state index is 12.6. The molecule has 1 amide bonds. The molecular formula is C22H28N2O4. The largest absolute Gasteiger partial charge is 0.490 e. The predicted molar refractivity (Wildman–Crippen MR) is 111 cm³/mol. The van der Waals surface area contributed by atoms with Gasteiger partial charge >= 0.3 is 0 Å². The topological polar surface area (TPSA) is 69.2 Å². The van der Waals surface area contributed by atoms with Crippen LogP contribution in [-0.4, -0.2) is 31.9 Å². The molecule has 2 rings (SSSR count). The van der Waals surface area contributed by atoms with Gasteiger partial charge in [0.1, 0.15) is 0 Å². The van der Waals surface area contributed by atoms with Gasteiger partial charge in [0.05, 0.1) is 26.0 Å². The summed E-state index contributed by atoms with van der Waals surface area (Å²) in [6.07, 6.45) is 1.63. The first kappa shape index (κ1) is 21.3. The second-order valence-electron chi connectivity index (χ2n) is 6.16. The fraction of sp³-hybridized carbons (Fsp3) is 0.364. The van der Waals surface area contributed by atoms with Crippen LogP contribution in [0.15, 0.2) is 35.4 Å². The van der Waals surface area contributed by atoms with Crippen LogP contribution in [0.25, 0.3) is 0 Å². The Kier molecular flexibility index (Phi) is 7.87.